The minimum Gasteiger partial charge on any atom is -0.480 e. The van der Waals surface area contributed by atoms with Gasteiger partial charge in [-0.1, -0.05) is 6.07 Å². The van der Waals surface area contributed by atoms with Crippen LogP contribution < -0.4 is 0 Å². The van der Waals surface area contributed by atoms with Crippen molar-refractivity contribution in [3.8, 4) is 6.07 Å². The molecule has 1 aromatic carbocycles. The van der Waals surface area contributed by atoms with Crippen LogP contribution in [0, 0.1) is 11.3 Å². The Bertz CT molecular complexity index is 593. The van der Waals surface area contributed by atoms with Gasteiger partial charge in [0.05, 0.1) is 17.1 Å². The summed E-state index contributed by atoms with van der Waals surface area (Å²) in [6.45, 7) is 1.61. The van der Waals surface area contributed by atoms with E-state index in [9.17, 15) is 4.79 Å². The third kappa shape index (κ3) is 1.43. The quantitative estimate of drug-likeness (QED) is 0.832. The van der Waals surface area contributed by atoms with Crippen molar-refractivity contribution in [2.75, 3.05) is 0 Å². The van der Waals surface area contributed by atoms with E-state index in [-0.39, 0.29) is 0 Å². The topological polar surface area (TPSA) is 66.0 Å². The van der Waals surface area contributed by atoms with Crippen LogP contribution in [-0.4, -0.2) is 15.6 Å². The van der Waals surface area contributed by atoms with Gasteiger partial charge in [0.25, 0.3) is 0 Å². The molecule has 1 N–H and O–H groups in total. The molecular formula is C12H10N2O2. The predicted octanol–water partition coefficient (Wildman–Crippen LogP) is 2.16. The molecule has 0 amide bonds. The Morgan fingerprint density at radius 2 is 2.25 bits per heavy atom. The summed E-state index contributed by atoms with van der Waals surface area (Å²) in [6, 6.07) is 8.52. The van der Waals surface area contributed by atoms with Crippen LogP contribution in [-0.2, 0) is 4.79 Å². The lowest BCUT2D eigenvalue weighted by Gasteiger charge is -2.10. The second-order valence-corrected chi connectivity index (χ2v) is 3.59. The van der Waals surface area contributed by atoms with E-state index >= 15 is 0 Å². The van der Waals surface area contributed by atoms with Crippen molar-refractivity contribution >= 4 is 16.9 Å². The molecule has 0 bridgehead atoms. The molecule has 2 rings (SSSR count). The molecule has 1 unspecified atom stereocenters. The molecule has 0 saturated carbocycles. The third-order valence-electron chi connectivity index (χ3n) is 2.66. The van der Waals surface area contributed by atoms with Gasteiger partial charge in [0.1, 0.15) is 6.04 Å². The SMILES string of the molecule is CC(C(=O)O)n1ccc2c(C#N)cccc21. The molecule has 80 valence electrons. The maximum absolute atomic E-state index is 10.9. The molecule has 0 saturated heterocycles. The summed E-state index contributed by atoms with van der Waals surface area (Å²) in [6.07, 6.45) is 1.70. The summed E-state index contributed by atoms with van der Waals surface area (Å²) in [7, 11) is 0. The fourth-order valence-electron chi connectivity index (χ4n) is 1.74. The highest BCUT2D eigenvalue weighted by Crippen LogP contribution is 2.23. The van der Waals surface area contributed by atoms with Crippen molar-refractivity contribution < 1.29 is 9.90 Å². The minimum absolute atomic E-state index is 0.564. The Kier molecular flexibility index (Phi) is 2.37. The standard InChI is InChI=1S/C12H10N2O2/c1-8(12(15)16)14-6-5-10-9(7-13)3-2-4-11(10)14/h2-6,8H,1H3,(H,15,16). The molecule has 1 heterocycles. The Labute approximate surface area is 92.3 Å². The maximum atomic E-state index is 10.9. The number of carboxylic acid groups (broad SMARTS) is 1. The zero-order valence-electron chi connectivity index (χ0n) is 8.71. The molecule has 16 heavy (non-hydrogen) atoms. The summed E-state index contributed by atoms with van der Waals surface area (Å²) >= 11 is 0. The van der Waals surface area contributed by atoms with Gasteiger partial charge in [-0.2, -0.15) is 5.26 Å². The molecule has 4 heteroatoms. The lowest BCUT2D eigenvalue weighted by atomic mass is 10.1. The molecule has 0 aliphatic heterocycles. The number of fused-ring (bicyclic) bond motifs is 1. The zero-order valence-corrected chi connectivity index (χ0v) is 8.71. The fraction of sp³-hybridized carbons (Fsp3) is 0.167. The fourth-order valence-corrected chi connectivity index (χ4v) is 1.74. The van der Waals surface area contributed by atoms with Gasteiger partial charge in [0, 0.05) is 11.6 Å². The first-order valence-electron chi connectivity index (χ1n) is 4.87. The Morgan fingerprint density at radius 3 is 2.88 bits per heavy atom. The molecule has 0 radical (unpaired) electrons. The molecule has 0 fully saturated rings. The number of carbonyl (C=O) groups is 1. The Morgan fingerprint density at radius 1 is 1.50 bits per heavy atom. The molecular weight excluding hydrogens is 204 g/mol. The van der Waals surface area contributed by atoms with Crippen LogP contribution in [0.3, 0.4) is 0 Å². The maximum Gasteiger partial charge on any atom is 0.326 e. The molecule has 0 spiro atoms. The van der Waals surface area contributed by atoms with Crippen molar-refractivity contribution in [2.24, 2.45) is 0 Å². The van der Waals surface area contributed by atoms with Crippen LogP contribution in [0.4, 0.5) is 0 Å². The highest BCUT2D eigenvalue weighted by atomic mass is 16.4. The van der Waals surface area contributed by atoms with E-state index in [1.807, 2.05) is 6.07 Å². The average Bonchev–Trinajstić information content (AvgIpc) is 2.71. The zero-order chi connectivity index (χ0) is 11.7. The summed E-state index contributed by atoms with van der Waals surface area (Å²) in [5.74, 6) is -0.889. The number of carboxylic acids is 1. The highest BCUT2D eigenvalue weighted by Gasteiger charge is 2.15. The van der Waals surface area contributed by atoms with E-state index in [1.165, 1.54) is 0 Å². The molecule has 2 aromatic rings. The van der Waals surface area contributed by atoms with Gasteiger partial charge in [-0.05, 0) is 25.1 Å². The van der Waals surface area contributed by atoms with E-state index in [1.54, 1.807) is 35.9 Å². The van der Waals surface area contributed by atoms with E-state index in [0.717, 1.165) is 10.9 Å². The van der Waals surface area contributed by atoms with Gasteiger partial charge < -0.3 is 9.67 Å². The second kappa shape index (κ2) is 3.70. The first-order valence-corrected chi connectivity index (χ1v) is 4.87. The third-order valence-corrected chi connectivity index (χ3v) is 2.66. The van der Waals surface area contributed by atoms with E-state index < -0.39 is 12.0 Å². The number of aromatic nitrogens is 1. The number of hydrogen-bond donors (Lipinski definition) is 1. The van der Waals surface area contributed by atoms with Crippen molar-refractivity contribution in [1.29, 1.82) is 5.26 Å². The minimum atomic E-state index is -0.889. The monoisotopic (exact) mass is 214 g/mol. The summed E-state index contributed by atoms with van der Waals surface area (Å²) in [5, 5.41) is 18.7. The first-order chi connectivity index (χ1) is 7.65. The van der Waals surface area contributed by atoms with Gasteiger partial charge in [0.2, 0.25) is 0 Å². The van der Waals surface area contributed by atoms with Crippen molar-refractivity contribution in [2.45, 2.75) is 13.0 Å². The van der Waals surface area contributed by atoms with Gasteiger partial charge in [0.15, 0.2) is 0 Å². The smallest absolute Gasteiger partial charge is 0.326 e. The van der Waals surface area contributed by atoms with E-state index in [4.69, 9.17) is 10.4 Å². The van der Waals surface area contributed by atoms with Crippen molar-refractivity contribution in [3.05, 3.63) is 36.0 Å². The lowest BCUT2D eigenvalue weighted by Crippen LogP contribution is -2.14. The predicted molar refractivity (Wildman–Crippen MR) is 59.0 cm³/mol. The normalized spacial score (nSPS) is 12.2. The molecule has 0 aliphatic rings. The van der Waals surface area contributed by atoms with E-state index in [0.29, 0.717) is 5.56 Å². The second-order valence-electron chi connectivity index (χ2n) is 3.59. The number of benzene rings is 1. The van der Waals surface area contributed by atoms with Gasteiger partial charge in [-0.15, -0.1) is 0 Å². The molecule has 4 nitrogen and oxygen atoms in total. The Balaban J connectivity index is 2.67. The molecule has 0 aliphatic carbocycles. The van der Waals surface area contributed by atoms with Crippen LogP contribution in [0.1, 0.15) is 18.5 Å². The highest BCUT2D eigenvalue weighted by molar-refractivity contribution is 5.87. The number of aliphatic carboxylic acids is 1. The first kappa shape index (κ1) is 10.2. The van der Waals surface area contributed by atoms with Crippen LogP contribution in [0.15, 0.2) is 30.5 Å². The lowest BCUT2D eigenvalue weighted by molar-refractivity contribution is -0.140. The van der Waals surface area contributed by atoms with Crippen LogP contribution in [0.5, 0.6) is 0 Å². The summed E-state index contributed by atoms with van der Waals surface area (Å²) in [4.78, 5) is 10.9. The summed E-state index contributed by atoms with van der Waals surface area (Å²) < 4.78 is 1.65. The van der Waals surface area contributed by atoms with E-state index in [2.05, 4.69) is 6.07 Å². The Hall–Kier alpha value is -2.28. The van der Waals surface area contributed by atoms with Crippen LogP contribution in [0.25, 0.3) is 10.9 Å². The van der Waals surface area contributed by atoms with Gasteiger partial charge >= 0.3 is 5.97 Å². The van der Waals surface area contributed by atoms with Gasteiger partial charge in [-0.25, -0.2) is 4.79 Å². The van der Waals surface area contributed by atoms with Gasteiger partial charge in [-0.3, -0.25) is 0 Å². The number of nitrogens with zero attached hydrogens (tertiary/aromatic N) is 2. The molecule has 1 aromatic heterocycles. The van der Waals surface area contributed by atoms with Crippen LogP contribution in [0.2, 0.25) is 0 Å². The average molecular weight is 214 g/mol. The number of hydrogen-bond acceptors (Lipinski definition) is 2. The van der Waals surface area contributed by atoms with Crippen molar-refractivity contribution in [1.82, 2.24) is 4.57 Å². The van der Waals surface area contributed by atoms with Crippen LogP contribution >= 0.6 is 0 Å². The number of nitriles is 1. The number of rotatable bonds is 2. The largest absolute Gasteiger partial charge is 0.480 e. The molecule has 1 atom stereocenters. The summed E-state index contributed by atoms with van der Waals surface area (Å²) in [5.41, 5.74) is 1.34. The van der Waals surface area contributed by atoms with Crippen molar-refractivity contribution in [3.63, 3.8) is 0 Å².